The average Bonchev–Trinajstić information content (AvgIpc) is 3.32. The van der Waals surface area contributed by atoms with Gasteiger partial charge in [0.05, 0.1) is 6.04 Å². The molecule has 1 unspecified atom stereocenters. The molecule has 148 valence electrons. The van der Waals surface area contributed by atoms with Crippen molar-refractivity contribution in [2.24, 2.45) is 0 Å². The third kappa shape index (κ3) is 3.14. The van der Waals surface area contributed by atoms with Crippen molar-refractivity contribution in [2.75, 3.05) is 11.9 Å². The Kier molecular flexibility index (Phi) is 4.56. The summed E-state index contributed by atoms with van der Waals surface area (Å²) in [5, 5.41) is 3.99. The fourth-order valence-corrected chi connectivity index (χ4v) is 4.22. The van der Waals surface area contributed by atoms with E-state index in [1.54, 1.807) is 0 Å². The first-order valence-electron chi connectivity index (χ1n) is 10.0. The lowest BCUT2D eigenvalue weighted by Gasteiger charge is -2.25. The number of amides is 2. The second-order valence-corrected chi connectivity index (χ2v) is 7.44. The molecule has 5 nitrogen and oxygen atoms in total. The Balaban J connectivity index is 1.44. The van der Waals surface area contributed by atoms with Crippen LogP contribution in [0.15, 0.2) is 85.1 Å². The van der Waals surface area contributed by atoms with Crippen molar-refractivity contribution in [3.63, 3.8) is 0 Å². The number of anilines is 1. The number of carbonyl (C=O) groups excluding carboxylic acids is 2. The summed E-state index contributed by atoms with van der Waals surface area (Å²) < 4.78 is 0. The van der Waals surface area contributed by atoms with E-state index >= 15 is 0 Å². The summed E-state index contributed by atoms with van der Waals surface area (Å²) in [6.45, 7) is 0.344. The largest absolute Gasteiger partial charge is 0.361 e. The van der Waals surface area contributed by atoms with Crippen LogP contribution >= 0.6 is 0 Å². The van der Waals surface area contributed by atoms with Gasteiger partial charge in [0.1, 0.15) is 0 Å². The Labute approximate surface area is 174 Å². The maximum atomic E-state index is 13.2. The van der Waals surface area contributed by atoms with Gasteiger partial charge >= 0.3 is 0 Å². The Morgan fingerprint density at radius 3 is 2.50 bits per heavy atom. The number of fused-ring (bicyclic) bond motifs is 2. The first kappa shape index (κ1) is 18.2. The van der Waals surface area contributed by atoms with Crippen LogP contribution in [0, 0.1) is 0 Å². The number of hydrogen-bond donors (Lipinski definition) is 2. The highest BCUT2D eigenvalue weighted by Gasteiger charge is 2.38. The van der Waals surface area contributed by atoms with E-state index in [4.69, 9.17) is 0 Å². The molecule has 0 saturated heterocycles. The van der Waals surface area contributed by atoms with Gasteiger partial charge in [-0.05, 0) is 29.8 Å². The molecule has 30 heavy (non-hydrogen) atoms. The number of nitrogens with zero attached hydrogens (tertiary/aromatic N) is 1. The maximum absolute atomic E-state index is 13.2. The lowest BCUT2D eigenvalue weighted by Crippen LogP contribution is -2.32. The molecule has 0 radical (unpaired) electrons. The molecule has 2 amide bonds. The van der Waals surface area contributed by atoms with Crippen molar-refractivity contribution >= 4 is 28.4 Å². The van der Waals surface area contributed by atoms with Gasteiger partial charge in [-0.15, -0.1) is 0 Å². The molecule has 1 aliphatic heterocycles. The van der Waals surface area contributed by atoms with Crippen LogP contribution in [0.3, 0.4) is 0 Å². The van der Waals surface area contributed by atoms with Crippen molar-refractivity contribution in [1.82, 2.24) is 9.88 Å². The average molecular weight is 395 g/mol. The third-order valence-electron chi connectivity index (χ3n) is 5.61. The fraction of sp³-hybridized carbons (Fsp3) is 0.120. The standard InChI is InChI=1S/C25H21N3O2/c29-23(27-17-8-2-1-3-9-17)14-15-28-24(19-11-4-5-12-20(19)25(28)30)21-16-26-22-13-7-6-10-18(21)22/h1-13,16,24,26H,14-15H2,(H,27,29). The second-order valence-electron chi connectivity index (χ2n) is 7.44. The number of hydrogen-bond acceptors (Lipinski definition) is 2. The molecule has 0 bridgehead atoms. The molecule has 2 N–H and O–H groups in total. The van der Waals surface area contributed by atoms with Gasteiger partial charge in [-0.1, -0.05) is 54.6 Å². The van der Waals surface area contributed by atoms with E-state index in [-0.39, 0.29) is 24.3 Å². The summed E-state index contributed by atoms with van der Waals surface area (Å²) in [6, 6.07) is 24.9. The van der Waals surface area contributed by atoms with Crippen molar-refractivity contribution in [1.29, 1.82) is 0 Å². The molecule has 0 aliphatic carbocycles. The maximum Gasteiger partial charge on any atom is 0.255 e. The van der Waals surface area contributed by atoms with Crippen LogP contribution < -0.4 is 5.32 Å². The Hall–Kier alpha value is -3.86. The summed E-state index contributed by atoms with van der Waals surface area (Å²) in [7, 11) is 0. The summed E-state index contributed by atoms with van der Waals surface area (Å²) in [5.41, 5.74) is 4.53. The van der Waals surface area contributed by atoms with Gasteiger partial charge < -0.3 is 15.2 Å². The lowest BCUT2D eigenvalue weighted by atomic mass is 9.97. The monoisotopic (exact) mass is 395 g/mol. The molecule has 1 aliphatic rings. The molecular weight excluding hydrogens is 374 g/mol. The number of aromatic amines is 1. The first-order chi connectivity index (χ1) is 14.7. The molecule has 0 saturated carbocycles. The first-order valence-corrected chi connectivity index (χ1v) is 10.0. The normalized spacial score (nSPS) is 15.4. The SMILES string of the molecule is O=C(CCN1C(=O)c2ccccc2C1c1c[nH]c2ccccc12)Nc1ccccc1. The van der Waals surface area contributed by atoms with E-state index in [1.165, 1.54) is 0 Å². The topological polar surface area (TPSA) is 65.2 Å². The van der Waals surface area contributed by atoms with Gasteiger partial charge in [0.2, 0.25) is 5.91 Å². The lowest BCUT2D eigenvalue weighted by molar-refractivity contribution is -0.116. The van der Waals surface area contributed by atoms with Crippen molar-refractivity contribution < 1.29 is 9.59 Å². The quantitative estimate of drug-likeness (QED) is 0.513. The fourth-order valence-electron chi connectivity index (χ4n) is 4.22. The highest BCUT2D eigenvalue weighted by atomic mass is 16.2. The molecule has 2 heterocycles. The molecule has 0 spiro atoms. The van der Waals surface area contributed by atoms with E-state index in [9.17, 15) is 9.59 Å². The van der Waals surface area contributed by atoms with Gasteiger partial charge in [0.15, 0.2) is 0 Å². The number of benzene rings is 3. The van der Waals surface area contributed by atoms with E-state index < -0.39 is 0 Å². The third-order valence-corrected chi connectivity index (χ3v) is 5.61. The highest BCUT2D eigenvalue weighted by Crippen LogP contribution is 2.41. The van der Waals surface area contributed by atoms with E-state index in [0.29, 0.717) is 12.1 Å². The van der Waals surface area contributed by atoms with E-state index in [1.807, 2.05) is 83.9 Å². The van der Waals surface area contributed by atoms with Gasteiger partial charge in [-0.25, -0.2) is 0 Å². The van der Waals surface area contributed by atoms with Gasteiger partial charge in [0, 0.05) is 46.9 Å². The molecule has 1 aromatic heterocycles. The predicted molar refractivity (Wildman–Crippen MR) is 117 cm³/mol. The van der Waals surface area contributed by atoms with E-state index in [2.05, 4.69) is 16.4 Å². The molecule has 5 rings (SSSR count). The van der Waals surface area contributed by atoms with Crippen LogP contribution in [0.4, 0.5) is 5.69 Å². The number of aromatic nitrogens is 1. The predicted octanol–water partition coefficient (Wildman–Crippen LogP) is 4.74. The number of carbonyl (C=O) groups is 2. The highest BCUT2D eigenvalue weighted by molar-refractivity contribution is 6.01. The van der Waals surface area contributed by atoms with Crippen molar-refractivity contribution in [3.8, 4) is 0 Å². The molecule has 4 aromatic rings. The van der Waals surface area contributed by atoms with Gasteiger partial charge in [-0.2, -0.15) is 0 Å². The van der Waals surface area contributed by atoms with Crippen LogP contribution in [0.1, 0.15) is 33.9 Å². The van der Waals surface area contributed by atoms with Crippen molar-refractivity contribution in [3.05, 3.63) is 102 Å². The van der Waals surface area contributed by atoms with Crippen LogP contribution in [-0.2, 0) is 4.79 Å². The minimum Gasteiger partial charge on any atom is -0.361 e. The second kappa shape index (κ2) is 7.52. The zero-order valence-electron chi connectivity index (χ0n) is 16.3. The molecule has 5 heteroatoms. The molecule has 0 fully saturated rings. The number of H-pyrrole nitrogens is 1. The summed E-state index contributed by atoms with van der Waals surface area (Å²) in [4.78, 5) is 30.8. The van der Waals surface area contributed by atoms with Gasteiger partial charge in [0.25, 0.3) is 5.91 Å². The molecule has 1 atom stereocenters. The Morgan fingerprint density at radius 2 is 1.63 bits per heavy atom. The van der Waals surface area contributed by atoms with Crippen molar-refractivity contribution in [2.45, 2.75) is 12.5 Å². The summed E-state index contributed by atoms with van der Waals surface area (Å²) >= 11 is 0. The van der Waals surface area contributed by atoms with Crippen LogP contribution in [0.25, 0.3) is 10.9 Å². The van der Waals surface area contributed by atoms with Gasteiger partial charge in [-0.3, -0.25) is 9.59 Å². The minimum atomic E-state index is -0.214. The molecular formula is C25H21N3O2. The smallest absolute Gasteiger partial charge is 0.255 e. The summed E-state index contributed by atoms with van der Waals surface area (Å²) in [6.07, 6.45) is 2.20. The van der Waals surface area contributed by atoms with E-state index in [0.717, 1.165) is 27.7 Å². The number of rotatable bonds is 5. The minimum absolute atomic E-state index is 0.0339. The molecule has 3 aromatic carbocycles. The van der Waals surface area contributed by atoms with Crippen LogP contribution in [0.5, 0.6) is 0 Å². The Bertz CT molecular complexity index is 1230. The zero-order valence-corrected chi connectivity index (χ0v) is 16.3. The Morgan fingerprint density at radius 1 is 0.900 bits per heavy atom. The summed E-state index contributed by atoms with van der Waals surface area (Å²) in [5.74, 6) is -0.143. The van der Waals surface area contributed by atoms with Crippen LogP contribution in [-0.4, -0.2) is 28.2 Å². The zero-order chi connectivity index (χ0) is 20.5. The number of para-hydroxylation sites is 2. The van der Waals surface area contributed by atoms with Crippen LogP contribution in [0.2, 0.25) is 0 Å². The number of nitrogens with one attached hydrogen (secondary N) is 2.